The maximum atomic E-state index is 12.4. The number of fused-ring (bicyclic) bond motifs is 5. The third-order valence-electron chi connectivity index (χ3n) is 10.8. The molecule has 0 bridgehead atoms. The highest BCUT2D eigenvalue weighted by Gasteiger charge is 2.58. The zero-order chi connectivity index (χ0) is 29.4. The largest absolute Gasteiger partial charge is 0.462 e. The van der Waals surface area contributed by atoms with E-state index in [1.165, 1.54) is 37.1 Å². The first kappa shape index (κ1) is 29.2. The molecule has 5 nitrogen and oxygen atoms in total. The number of hydrogen-bond acceptors (Lipinski definition) is 5. The minimum absolute atomic E-state index is 0.0438. The highest BCUT2D eigenvalue weighted by molar-refractivity contribution is 6.18. The molecule has 0 saturated heterocycles. The van der Waals surface area contributed by atoms with Crippen LogP contribution in [0.2, 0.25) is 0 Å². The van der Waals surface area contributed by atoms with E-state index < -0.39 is 0 Å². The van der Waals surface area contributed by atoms with Crippen molar-refractivity contribution in [1.29, 1.82) is 0 Å². The summed E-state index contributed by atoms with van der Waals surface area (Å²) in [4.78, 5) is 46.8. The number of esters is 1. The van der Waals surface area contributed by atoms with Crippen molar-refractivity contribution in [1.82, 2.24) is 0 Å². The third-order valence-corrected chi connectivity index (χ3v) is 10.8. The lowest BCUT2D eigenvalue weighted by Gasteiger charge is -2.56. The molecule has 0 aliphatic heterocycles. The number of hydrogen-bond donors (Lipinski definition) is 0. The van der Waals surface area contributed by atoms with Crippen molar-refractivity contribution >= 4 is 23.3 Å². The standard InChI is InChI=1S/C21H30O3.C15H12O2/c1-13(22)24-15-8-10-20(2)14(12-15)4-5-16-17-6-7-19(23)21(17,3)11-9-18(16)20;1-2-13(11-6-4-3-5-7-11)14-10-12(16)8-9-15(14)17/h4,15-18H,5-12H2,1-3H3;2-10,13H,1H2. The summed E-state index contributed by atoms with van der Waals surface area (Å²) in [5, 5.41) is 0. The molecule has 0 radical (unpaired) electrons. The molecule has 5 aliphatic rings. The summed E-state index contributed by atoms with van der Waals surface area (Å²) in [5.41, 5.74) is 3.18. The topological polar surface area (TPSA) is 77.5 Å². The van der Waals surface area contributed by atoms with Crippen molar-refractivity contribution in [3.63, 3.8) is 0 Å². The summed E-state index contributed by atoms with van der Waals surface area (Å²) in [5.74, 6) is 1.83. The van der Waals surface area contributed by atoms with E-state index >= 15 is 0 Å². The van der Waals surface area contributed by atoms with E-state index in [0.717, 1.165) is 50.5 Å². The van der Waals surface area contributed by atoms with Crippen LogP contribution in [-0.4, -0.2) is 29.4 Å². The van der Waals surface area contributed by atoms with Crippen LogP contribution in [0.5, 0.6) is 0 Å². The van der Waals surface area contributed by atoms with Crippen LogP contribution >= 0.6 is 0 Å². The summed E-state index contributed by atoms with van der Waals surface area (Å²) in [7, 11) is 0. The van der Waals surface area contributed by atoms with Crippen LogP contribution in [0.15, 0.2) is 78.4 Å². The van der Waals surface area contributed by atoms with Crippen molar-refractivity contribution in [2.24, 2.45) is 28.6 Å². The van der Waals surface area contributed by atoms with Crippen molar-refractivity contribution < 1.29 is 23.9 Å². The molecule has 41 heavy (non-hydrogen) atoms. The molecule has 5 aliphatic carbocycles. The molecule has 6 rings (SSSR count). The monoisotopic (exact) mass is 554 g/mol. The fourth-order valence-corrected chi connectivity index (χ4v) is 8.61. The Morgan fingerprint density at radius 3 is 2.41 bits per heavy atom. The quantitative estimate of drug-likeness (QED) is 0.227. The first-order chi connectivity index (χ1) is 19.6. The highest BCUT2D eigenvalue weighted by Crippen LogP contribution is 2.64. The lowest BCUT2D eigenvalue weighted by Crippen LogP contribution is -2.50. The lowest BCUT2D eigenvalue weighted by atomic mass is 9.48. The minimum atomic E-state index is -0.224. The van der Waals surface area contributed by atoms with Gasteiger partial charge in [-0.05, 0) is 85.5 Å². The maximum absolute atomic E-state index is 12.4. The predicted octanol–water partition coefficient (Wildman–Crippen LogP) is 7.04. The Labute approximate surface area is 243 Å². The van der Waals surface area contributed by atoms with E-state index in [-0.39, 0.29) is 40.4 Å². The average molecular weight is 555 g/mol. The van der Waals surface area contributed by atoms with Crippen molar-refractivity contribution in [3.05, 3.63) is 84.0 Å². The van der Waals surface area contributed by atoms with Gasteiger partial charge in [0, 0.05) is 36.7 Å². The van der Waals surface area contributed by atoms with E-state index in [0.29, 0.717) is 29.1 Å². The Bertz CT molecular complexity index is 1330. The number of allylic oxidation sites excluding steroid dienone is 6. The molecule has 0 aromatic heterocycles. The van der Waals surface area contributed by atoms with E-state index in [4.69, 9.17) is 4.74 Å². The van der Waals surface area contributed by atoms with Gasteiger partial charge in [0.15, 0.2) is 11.6 Å². The number of carbonyl (C=O) groups is 4. The molecule has 0 heterocycles. The Morgan fingerprint density at radius 2 is 1.71 bits per heavy atom. The summed E-state index contributed by atoms with van der Waals surface area (Å²) in [6.45, 7) is 9.94. The Balaban J connectivity index is 0.000000175. The van der Waals surface area contributed by atoms with Crippen LogP contribution in [0.25, 0.3) is 0 Å². The molecular formula is C36H42O5. The van der Waals surface area contributed by atoms with Gasteiger partial charge in [0.2, 0.25) is 0 Å². The van der Waals surface area contributed by atoms with Crippen molar-refractivity contribution in [2.45, 2.75) is 84.2 Å². The second-order valence-electron chi connectivity index (χ2n) is 13.0. The number of ketones is 3. The molecule has 0 N–H and O–H groups in total. The van der Waals surface area contributed by atoms with Crippen LogP contribution in [-0.2, 0) is 23.9 Å². The van der Waals surface area contributed by atoms with Crippen LogP contribution in [0.1, 0.15) is 83.6 Å². The highest BCUT2D eigenvalue weighted by atomic mass is 16.5. The van der Waals surface area contributed by atoms with E-state index in [2.05, 4.69) is 26.5 Å². The summed E-state index contributed by atoms with van der Waals surface area (Å²) >= 11 is 0. The van der Waals surface area contributed by atoms with E-state index in [1.54, 1.807) is 6.08 Å². The molecule has 3 fully saturated rings. The number of rotatable bonds is 4. The smallest absolute Gasteiger partial charge is 0.302 e. The first-order valence-electron chi connectivity index (χ1n) is 15.1. The molecule has 1 aromatic rings. The molecule has 7 unspecified atom stereocenters. The van der Waals surface area contributed by atoms with Crippen LogP contribution in [0.3, 0.4) is 0 Å². The Hall–Kier alpha value is -3.34. The van der Waals surface area contributed by atoms with Gasteiger partial charge in [0.1, 0.15) is 11.9 Å². The fraction of sp³-hybridized carbons (Fsp3) is 0.500. The molecule has 0 amide bonds. The van der Waals surface area contributed by atoms with Crippen LogP contribution in [0, 0.1) is 28.6 Å². The minimum Gasteiger partial charge on any atom is -0.462 e. The molecule has 5 heteroatoms. The molecular weight excluding hydrogens is 512 g/mol. The average Bonchev–Trinajstić information content (AvgIpc) is 3.26. The van der Waals surface area contributed by atoms with Crippen LogP contribution < -0.4 is 0 Å². The summed E-state index contributed by atoms with van der Waals surface area (Å²) < 4.78 is 5.50. The van der Waals surface area contributed by atoms with E-state index in [1.807, 2.05) is 30.3 Å². The Morgan fingerprint density at radius 1 is 1.00 bits per heavy atom. The first-order valence-corrected chi connectivity index (χ1v) is 15.1. The van der Waals surface area contributed by atoms with Gasteiger partial charge in [-0.25, -0.2) is 0 Å². The second-order valence-corrected chi connectivity index (χ2v) is 13.0. The SMILES string of the molecule is C=CC(C1=CC(=O)C=CC1=O)c1ccccc1.CC(=O)OC1CCC2(C)C(=CCC3C4CCC(=O)C4(C)CCC32)C1. The lowest BCUT2D eigenvalue weighted by molar-refractivity contribution is -0.148. The molecule has 216 valence electrons. The fourth-order valence-electron chi connectivity index (χ4n) is 8.61. The number of carbonyl (C=O) groups excluding carboxylic acids is 4. The molecule has 0 spiro atoms. The molecule has 3 saturated carbocycles. The van der Waals surface area contributed by atoms with Gasteiger partial charge in [0.25, 0.3) is 0 Å². The van der Waals surface area contributed by atoms with Gasteiger partial charge in [-0.2, -0.15) is 0 Å². The van der Waals surface area contributed by atoms with Gasteiger partial charge < -0.3 is 4.74 Å². The second kappa shape index (κ2) is 11.5. The van der Waals surface area contributed by atoms with Crippen molar-refractivity contribution in [2.75, 3.05) is 0 Å². The zero-order valence-corrected chi connectivity index (χ0v) is 24.6. The van der Waals surface area contributed by atoms with Gasteiger partial charge >= 0.3 is 5.97 Å². The number of ether oxygens (including phenoxy) is 1. The van der Waals surface area contributed by atoms with Gasteiger partial charge in [-0.3, -0.25) is 19.2 Å². The predicted molar refractivity (Wildman–Crippen MR) is 159 cm³/mol. The van der Waals surface area contributed by atoms with Gasteiger partial charge in [0.05, 0.1) is 0 Å². The van der Waals surface area contributed by atoms with Gasteiger partial charge in [-0.15, -0.1) is 6.58 Å². The number of Topliss-reactive ketones (excluding diaryl/α,β-unsaturated/α-hetero) is 1. The normalized spacial score (nSPS) is 34.6. The summed E-state index contributed by atoms with van der Waals surface area (Å²) in [6.07, 6.45) is 16.5. The van der Waals surface area contributed by atoms with Crippen LogP contribution in [0.4, 0.5) is 0 Å². The molecule has 7 atom stereocenters. The zero-order valence-electron chi connectivity index (χ0n) is 24.6. The Kier molecular flexibility index (Phi) is 8.18. The van der Waals surface area contributed by atoms with Gasteiger partial charge in [-0.1, -0.05) is 61.9 Å². The van der Waals surface area contributed by atoms with Crippen molar-refractivity contribution in [3.8, 4) is 0 Å². The number of benzene rings is 1. The van der Waals surface area contributed by atoms with E-state index in [9.17, 15) is 19.2 Å². The summed E-state index contributed by atoms with van der Waals surface area (Å²) in [6, 6.07) is 9.55. The maximum Gasteiger partial charge on any atom is 0.302 e. The molecule has 1 aromatic carbocycles. The third kappa shape index (κ3) is 5.48.